The van der Waals surface area contributed by atoms with Gasteiger partial charge >= 0.3 is 5.97 Å². The number of aryl methyl sites for hydroxylation is 1. The number of hydrogen-bond donors (Lipinski definition) is 1. The van der Waals surface area contributed by atoms with Crippen LogP contribution in [0.25, 0.3) is 10.8 Å². The number of benzene rings is 2. The van der Waals surface area contributed by atoms with E-state index < -0.39 is 23.4 Å². The molecule has 31 heavy (non-hydrogen) atoms. The van der Waals surface area contributed by atoms with Gasteiger partial charge in [0, 0.05) is 23.7 Å². The fourth-order valence-corrected chi connectivity index (χ4v) is 3.06. The molecule has 0 saturated carbocycles. The maximum absolute atomic E-state index is 12.6. The van der Waals surface area contributed by atoms with Gasteiger partial charge in [-0.2, -0.15) is 5.10 Å². The Morgan fingerprint density at radius 1 is 1.23 bits per heavy atom. The van der Waals surface area contributed by atoms with Crippen LogP contribution in [-0.4, -0.2) is 33.2 Å². The molecule has 10 nitrogen and oxygen atoms in total. The minimum absolute atomic E-state index is 0.0745. The molecule has 0 aliphatic heterocycles. The molecule has 1 amide bonds. The van der Waals surface area contributed by atoms with Crippen LogP contribution in [0.4, 0.5) is 11.4 Å². The number of aromatic nitrogens is 2. The largest absolute Gasteiger partial charge is 0.451 e. The lowest BCUT2D eigenvalue weighted by atomic mass is 10.1. The highest BCUT2D eigenvalue weighted by atomic mass is 35.5. The number of ether oxygens (including phenoxy) is 1. The van der Waals surface area contributed by atoms with Crippen molar-refractivity contribution < 1.29 is 19.2 Å². The van der Waals surface area contributed by atoms with E-state index in [1.54, 1.807) is 24.3 Å². The summed E-state index contributed by atoms with van der Waals surface area (Å²) in [5.41, 5.74) is -0.655. The molecule has 0 aliphatic rings. The van der Waals surface area contributed by atoms with Crippen molar-refractivity contribution in [3.63, 3.8) is 0 Å². The predicted octanol–water partition coefficient (Wildman–Crippen LogP) is 3.16. The van der Waals surface area contributed by atoms with E-state index in [-0.39, 0.29) is 27.7 Å². The van der Waals surface area contributed by atoms with Gasteiger partial charge in [0.1, 0.15) is 5.02 Å². The number of nitro benzene ring substituents is 1. The number of nitrogens with zero attached hydrogens (tertiary/aromatic N) is 3. The summed E-state index contributed by atoms with van der Waals surface area (Å²) in [5, 5.41) is 18.0. The predicted molar refractivity (Wildman–Crippen MR) is 113 cm³/mol. The number of fused-ring (bicyclic) bond motifs is 1. The summed E-state index contributed by atoms with van der Waals surface area (Å²) in [6, 6.07) is 10.2. The summed E-state index contributed by atoms with van der Waals surface area (Å²) in [7, 11) is 0. The monoisotopic (exact) mass is 444 g/mol. The van der Waals surface area contributed by atoms with Crippen LogP contribution in [0, 0.1) is 10.1 Å². The van der Waals surface area contributed by atoms with Crippen LogP contribution in [0.3, 0.4) is 0 Å². The van der Waals surface area contributed by atoms with Crippen molar-refractivity contribution in [3.8, 4) is 0 Å². The van der Waals surface area contributed by atoms with Gasteiger partial charge in [0.05, 0.1) is 10.3 Å². The molecule has 11 heteroatoms. The Labute approximate surface area is 180 Å². The van der Waals surface area contributed by atoms with Crippen LogP contribution < -0.4 is 10.9 Å². The van der Waals surface area contributed by atoms with Crippen molar-refractivity contribution in [2.45, 2.75) is 19.9 Å². The summed E-state index contributed by atoms with van der Waals surface area (Å²) in [6.45, 7) is 1.53. The minimum atomic E-state index is -0.877. The molecule has 3 rings (SSSR count). The molecular formula is C20H17ClN4O6. The quantitative estimate of drug-likeness (QED) is 0.336. The molecule has 3 aromatic rings. The average molecular weight is 445 g/mol. The van der Waals surface area contributed by atoms with E-state index in [1.165, 1.54) is 16.8 Å². The summed E-state index contributed by atoms with van der Waals surface area (Å²) < 4.78 is 6.24. The molecule has 160 valence electrons. The van der Waals surface area contributed by atoms with Crippen LogP contribution >= 0.6 is 11.6 Å². The topological polar surface area (TPSA) is 133 Å². The number of carbonyl (C=O) groups is 2. The Morgan fingerprint density at radius 2 is 1.94 bits per heavy atom. The lowest BCUT2D eigenvalue weighted by Gasteiger charge is -2.10. The Morgan fingerprint density at radius 3 is 2.61 bits per heavy atom. The van der Waals surface area contributed by atoms with Crippen LogP contribution in [0.15, 0.2) is 47.3 Å². The van der Waals surface area contributed by atoms with Gasteiger partial charge in [-0.1, -0.05) is 36.7 Å². The molecule has 0 bridgehead atoms. The molecule has 0 fully saturated rings. The van der Waals surface area contributed by atoms with Crippen molar-refractivity contribution >= 4 is 45.6 Å². The summed E-state index contributed by atoms with van der Waals surface area (Å²) in [4.78, 5) is 47.5. The second kappa shape index (κ2) is 9.35. The zero-order valence-corrected chi connectivity index (χ0v) is 17.1. The van der Waals surface area contributed by atoms with Crippen molar-refractivity contribution in [2.24, 2.45) is 0 Å². The van der Waals surface area contributed by atoms with Gasteiger partial charge in [-0.05, 0) is 24.6 Å². The smallest absolute Gasteiger partial charge is 0.359 e. The van der Waals surface area contributed by atoms with E-state index in [4.69, 9.17) is 16.3 Å². The van der Waals surface area contributed by atoms with E-state index in [9.17, 15) is 24.5 Å². The molecule has 0 radical (unpaired) electrons. The van der Waals surface area contributed by atoms with Gasteiger partial charge in [0.15, 0.2) is 12.3 Å². The van der Waals surface area contributed by atoms with Crippen molar-refractivity contribution in [1.82, 2.24) is 9.78 Å². The maximum atomic E-state index is 12.6. The van der Waals surface area contributed by atoms with E-state index in [2.05, 4.69) is 10.4 Å². The third-order valence-corrected chi connectivity index (χ3v) is 4.58. The number of halogens is 1. The number of nitro groups is 1. The molecule has 1 N–H and O–H groups in total. The van der Waals surface area contributed by atoms with Gasteiger partial charge < -0.3 is 10.1 Å². The van der Waals surface area contributed by atoms with Crippen LogP contribution in [0.1, 0.15) is 23.8 Å². The first-order chi connectivity index (χ1) is 14.8. The van der Waals surface area contributed by atoms with Gasteiger partial charge in [0.25, 0.3) is 17.2 Å². The number of nitrogens with one attached hydrogen (secondary N) is 1. The fourth-order valence-electron chi connectivity index (χ4n) is 2.88. The molecule has 2 aromatic carbocycles. The Hall–Kier alpha value is -3.79. The third kappa shape index (κ3) is 4.86. The minimum Gasteiger partial charge on any atom is -0.451 e. The molecule has 0 atom stereocenters. The van der Waals surface area contributed by atoms with Crippen LogP contribution in [0.2, 0.25) is 5.02 Å². The van der Waals surface area contributed by atoms with Gasteiger partial charge in [-0.15, -0.1) is 0 Å². The van der Waals surface area contributed by atoms with Gasteiger partial charge in [-0.3, -0.25) is 19.7 Å². The summed E-state index contributed by atoms with van der Waals surface area (Å²) in [6.07, 6.45) is 0.634. The van der Waals surface area contributed by atoms with Crippen molar-refractivity contribution in [3.05, 3.63) is 73.6 Å². The van der Waals surface area contributed by atoms with Crippen molar-refractivity contribution in [2.75, 3.05) is 11.9 Å². The van der Waals surface area contributed by atoms with Crippen LogP contribution in [-0.2, 0) is 16.1 Å². The van der Waals surface area contributed by atoms with Gasteiger partial charge in [0.2, 0.25) is 0 Å². The molecule has 0 spiro atoms. The molecular weight excluding hydrogens is 428 g/mol. The van der Waals surface area contributed by atoms with Crippen molar-refractivity contribution in [1.29, 1.82) is 0 Å². The van der Waals surface area contributed by atoms with E-state index in [0.29, 0.717) is 23.7 Å². The number of rotatable bonds is 7. The standard InChI is InChI=1S/C20H17ClN4O6/c1-2-9-24-19(27)14-6-4-3-5-13(14)18(23-24)20(28)31-11-17(26)22-12-7-8-15(21)16(10-12)25(29)30/h3-8,10H,2,9,11H2,1H3,(H,22,26). The highest BCUT2D eigenvalue weighted by Crippen LogP contribution is 2.27. The Balaban J connectivity index is 1.77. The van der Waals surface area contributed by atoms with E-state index in [1.807, 2.05) is 6.92 Å². The fraction of sp³-hybridized carbons (Fsp3) is 0.200. The highest BCUT2D eigenvalue weighted by Gasteiger charge is 2.19. The Kier molecular flexibility index (Phi) is 6.61. The zero-order chi connectivity index (χ0) is 22.5. The molecule has 0 saturated heterocycles. The average Bonchev–Trinajstić information content (AvgIpc) is 2.75. The molecule has 0 aliphatic carbocycles. The lowest BCUT2D eigenvalue weighted by molar-refractivity contribution is -0.384. The first-order valence-corrected chi connectivity index (χ1v) is 9.60. The second-order valence-corrected chi connectivity index (χ2v) is 6.88. The molecule has 0 unspecified atom stereocenters. The first-order valence-electron chi connectivity index (χ1n) is 9.22. The Bertz CT molecular complexity index is 1240. The summed E-state index contributed by atoms with van der Waals surface area (Å²) in [5.74, 6) is -1.59. The SMILES string of the molecule is CCCn1nc(C(=O)OCC(=O)Nc2ccc(Cl)c([N+](=O)[O-])c2)c2ccccc2c1=O. The first kappa shape index (κ1) is 21.9. The van der Waals surface area contributed by atoms with Gasteiger partial charge in [-0.25, -0.2) is 9.48 Å². The normalized spacial score (nSPS) is 10.6. The van der Waals surface area contributed by atoms with E-state index in [0.717, 1.165) is 6.07 Å². The highest BCUT2D eigenvalue weighted by molar-refractivity contribution is 6.32. The van der Waals surface area contributed by atoms with Crippen LogP contribution in [0.5, 0.6) is 0 Å². The van der Waals surface area contributed by atoms with E-state index >= 15 is 0 Å². The number of carbonyl (C=O) groups excluding carboxylic acids is 2. The molecule has 1 aromatic heterocycles. The number of anilines is 1. The number of amides is 1. The lowest BCUT2D eigenvalue weighted by Crippen LogP contribution is -2.27. The second-order valence-electron chi connectivity index (χ2n) is 6.47. The maximum Gasteiger partial charge on any atom is 0.359 e. The number of esters is 1. The third-order valence-electron chi connectivity index (χ3n) is 4.26. The zero-order valence-electron chi connectivity index (χ0n) is 16.3. The molecule has 1 heterocycles. The summed E-state index contributed by atoms with van der Waals surface area (Å²) >= 11 is 5.74. The number of hydrogen-bond acceptors (Lipinski definition) is 7.